The Hall–Kier alpha value is -3.03. The van der Waals surface area contributed by atoms with Crippen molar-refractivity contribution in [1.82, 2.24) is 9.13 Å². The highest BCUT2D eigenvalue weighted by Gasteiger charge is 2.56. The van der Waals surface area contributed by atoms with E-state index in [1.807, 2.05) is 0 Å². The second-order valence-corrected chi connectivity index (χ2v) is 6.31. The molecule has 2 aromatic rings. The highest BCUT2D eigenvalue weighted by atomic mass is 19.1. The van der Waals surface area contributed by atoms with Crippen LogP contribution in [0, 0.1) is 5.92 Å². The minimum absolute atomic E-state index is 0.0663. The predicted molar refractivity (Wildman–Crippen MR) is 89.7 cm³/mol. The molecule has 0 N–H and O–H groups in total. The molecule has 0 bridgehead atoms. The Bertz CT molecular complexity index is 966. The molecular formula is C18H17FN2O5. The number of rotatable bonds is 5. The monoisotopic (exact) mass is 360 g/mol. The van der Waals surface area contributed by atoms with E-state index < -0.39 is 34.7 Å². The maximum Gasteiger partial charge on any atom is 0.338 e. The number of carbonyl (C=O) groups is 2. The summed E-state index contributed by atoms with van der Waals surface area (Å²) in [6, 6.07) is 8.94. The van der Waals surface area contributed by atoms with Gasteiger partial charge in [-0.05, 0) is 18.6 Å². The zero-order valence-corrected chi connectivity index (χ0v) is 14.1. The Morgan fingerprint density at radius 2 is 1.92 bits per heavy atom. The van der Waals surface area contributed by atoms with Crippen LogP contribution in [0.1, 0.15) is 23.7 Å². The Kier molecular flexibility index (Phi) is 4.58. The first-order chi connectivity index (χ1) is 12.3. The summed E-state index contributed by atoms with van der Waals surface area (Å²) < 4.78 is 21.0. The first-order valence-electron chi connectivity index (χ1n) is 8.06. The van der Waals surface area contributed by atoms with Gasteiger partial charge in [0.1, 0.15) is 5.67 Å². The lowest BCUT2D eigenvalue weighted by atomic mass is 10.2. The van der Waals surface area contributed by atoms with Crippen molar-refractivity contribution < 1.29 is 18.7 Å². The van der Waals surface area contributed by atoms with Gasteiger partial charge in [0, 0.05) is 30.7 Å². The maximum absolute atomic E-state index is 14.7. The fourth-order valence-electron chi connectivity index (χ4n) is 2.79. The van der Waals surface area contributed by atoms with Gasteiger partial charge in [0.05, 0.1) is 13.2 Å². The number of alkyl halides is 1. The van der Waals surface area contributed by atoms with Gasteiger partial charge in [0.15, 0.2) is 0 Å². The number of ether oxygens (including phenoxy) is 1. The van der Waals surface area contributed by atoms with Gasteiger partial charge in [0.2, 0.25) is 0 Å². The van der Waals surface area contributed by atoms with Crippen LogP contribution < -0.4 is 11.2 Å². The molecule has 8 heteroatoms. The summed E-state index contributed by atoms with van der Waals surface area (Å²) in [5.41, 5.74) is -3.21. The fourth-order valence-corrected chi connectivity index (χ4v) is 2.79. The van der Waals surface area contributed by atoms with Crippen molar-refractivity contribution in [3.63, 3.8) is 0 Å². The zero-order valence-electron chi connectivity index (χ0n) is 14.1. The van der Waals surface area contributed by atoms with Gasteiger partial charge in [-0.1, -0.05) is 18.2 Å². The minimum atomic E-state index is -1.71. The summed E-state index contributed by atoms with van der Waals surface area (Å²) in [5, 5.41) is 0. The molecule has 1 heterocycles. The summed E-state index contributed by atoms with van der Waals surface area (Å²) in [6.45, 7) is 0.848. The summed E-state index contributed by atoms with van der Waals surface area (Å²) in [4.78, 5) is 47.8. The molecule has 0 spiro atoms. The first-order valence-corrected chi connectivity index (χ1v) is 8.06. The zero-order chi connectivity index (χ0) is 18.9. The van der Waals surface area contributed by atoms with E-state index in [4.69, 9.17) is 4.74 Å². The average Bonchev–Trinajstić information content (AvgIpc) is 3.26. The van der Waals surface area contributed by atoms with E-state index in [1.165, 1.54) is 25.3 Å². The van der Waals surface area contributed by atoms with Crippen LogP contribution in [0.5, 0.6) is 0 Å². The van der Waals surface area contributed by atoms with E-state index in [0.29, 0.717) is 4.57 Å². The molecule has 136 valence electrons. The molecule has 1 fully saturated rings. The lowest BCUT2D eigenvalue weighted by Crippen LogP contribution is -2.44. The predicted octanol–water partition coefficient (Wildman–Crippen LogP) is 0.990. The van der Waals surface area contributed by atoms with Crippen molar-refractivity contribution in [2.75, 3.05) is 6.61 Å². The third-order valence-electron chi connectivity index (χ3n) is 4.36. The summed E-state index contributed by atoms with van der Waals surface area (Å²) in [5.74, 6) is -1.78. The number of nitrogens with zero attached hydrogens (tertiary/aromatic N) is 2. The normalized spacial score (nSPS) is 21.2. The Balaban J connectivity index is 1.85. The van der Waals surface area contributed by atoms with Gasteiger partial charge in [-0.3, -0.25) is 19.0 Å². The number of hydrogen-bond donors (Lipinski definition) is 0. The van der Waals surface area contributed by atoms with Crippen molar-refractivity contribution in [1.29, 1.82) is 0 Å². The van der Waals surface area contributed by atoms with E-state index in [-0.39, 0.29) is 25.1 Å². The molecule has 3 rings (SSSR count). The van der Waals surface area contributed by atoms with Crippen LogP contribution >= 0.6 is 0 Å². The lowest BCUT2D eigenvalue weighted by Gasteiger charge is -2.12. The highest BCUT2D eigenvalue weighted by molar-refractivity contribution is 5.95. The van der Waals surface area contributed by atoms with E-state index >= 15 is 0 Å². The molecule has 7 nitrogen and oxygen atoms in total. The van der Waals surface area contributed by atoms with Crippen LogP contribution in [0.3, 0.4) is 0 Å². The minimum Gasteiger partial charge on any atom is -0.465 e. The van der Waals surface area contributed by atoms with E-state index in [1.54, 1.807) is 18.2 Å². The van der Waals surface area contributed by atoms with Gasteiger partial charge in [-0.25, -0.2) is 9.18 Å². The summed E-state index contributed by atoms with van der Waals surface area (Å²) in [6.07, 6.45) is 1.31. The molecule has 0 aliphatic heterocycles. The van der Waals surface area contributed by atoms with E-state index in [0.717, 1.165) is 10.6 Å². The van der Waals surface area contributed by atoms with Gasteiger partial charge in [0.25, 0.3) is 11.5 Å². The molecule has 1 aliphatic rings. The molecular weight excluding hydrogens is 343 g/mol. The van der Waals surface area contributed by atoms with Gasteiger partial charge in [-0.2, -0.15) is 4.57 Å². The Morgan fingerprint density at radius 1 is 1.23 bits per heavy atom. The SMILES string of the molecule is CC(=O)OC[C@H]1C[C@]1(F)Cn1ccc(=O)n(C(=O)c2ccccc2)c1=O. The Labute approximate surface area is 147 Å². The Morgan fingerprint density at radius 3 is 2.58 bits per heavy atom. The number of halogens is 1. The van der Waals surface area contributed by atoms with E-state index in [2.05, 4.69) is 0 Å². The summed E-state index contributed by atoms with van der Waals surface area (Å²) >= 11 is 0. The number of aromatic nitrogens is 2. The van der Waals surface area contributed by atoms with Crippen LogP contribution in [0.15, 0.2) is 52.2 Å². The quantitative estimate of drug-likeness (QED) is 0.742. The largest absolute Gasteiger partial charge is 0.465 e. The smallest absolute Gasteiger partial charge is 0.338 e. The first kappa shape index (κ1) is 17.8. The van der Waals surface area contributed by atoms with Crippen LogP contribution in [-0.2, 0) is 16.1 Å². The third kappa shape index (κ3) is 3.49. The molecule has 0 unspecified atom stereocenters. The molecule has 2 atom stereocenters. The fraction of sp³-hybridized carbons (Fsp3) is 0.333. The second kappa shape index (κ2) is 6.70. The van der Waals surface area contributed by atoms with Crippen molar-refractivity contribution >= 4 is 11.9 Å². The molecule has 0 saturated heterocycles. The number of carbonyl (C=O) groups excluding carboxylic acids is 2. The van der Waals surface area contributed by atoms with Crippen LogP contribution in [-0.4, -0.2) is 33.3 Å². The van der Waals surface area contributed by atoms with Crippen molar-refractivity contribution in [2.45, 2.75) is 25.6 Å². The molecule has 1 aromatic heterocycles. The van der Waals surface area contributed by atoms with Crippen molar-refractivity contribution in [2.24, 2.45) is 5.92 Å². The van der Waals surface area contributed by atoms with Crippen molar-refractivity contribution in [3.05, 3.63) is 69.0 Å². The summed E-state index contributed by atoms with van der Waals surface area (Å²) in [7, 11) is 0. The highest BCUT2D eigenvalue weighted by Crippen LogP contribution is 2.48. The number of esters is 1. The number of benzene rings is 1. The van der Waals surface area contributed by atoms with Gasteiger partial charge in [-0.15, -0.1) is 0 Å². The number of hydrogen-bond acceptors (Lipinski definition) is 5. The molecule has 1 aliphatic carbocycles. The van der Waals surface area contributed by atoms with Gasteiger partial charge >= 0.3 is 11.7 Å². The molecule has 26 heavy (non-hydrogen) atoms. The van der Waals surface area contributed by atoms with E-state index in [9.17, 15) is 23.6 Å². The molecule has 0 amide bonds. The molecule has 1 aromatic carbocycles. The van der Waals surface area contributed by atoms with Crippen molar-refractivity contribution in [3.8, 4) is 0 Å². The maximum atomic E-state index is 14.7. The van der Waals surface area contributed by atoms with Gasteiger partial charge < -0.3 is 4.74 Å². The molecule has 0 radical (unpaired) electrons. The average molecular weight is 360 g/mol. The van der Waals surface area contributed by atoms with Crippen LogP contribution in [0.2, 0.25) is 0 Å². The molecule has 1 saturated carbocycles. The lowest BCUT2D eigenvalue weighted by molar-refractivity contribution is -0.141. The van der Waals surface area contributed by atoms with Crippen LogP contribution in [0.25, 0.3) is 0 Å². The standard InChI is InChI=1S/C18H17FN2O5/c1-12(22)26-10-14-9-18(14,19)11-20-8-7-15(23)21(17(20)25)16(24)13-5-3-2-4-6-13/h2-8,14H,9-11H2,1H3/t14-,18+/m1/s1. The third-order valence-corrected chi connectivity index (χ3v) is 4.36. The van der Waals surface area contributed by atoms with Crippen LogP contribution in [0.4, 0.5) is 4.39 Å². The topological polar surface area (TPSA) is 87.4 Å². The second-order valence-electron chi connectivity index (χ2n) is 6.31.